The first-order valence-electron chi connectivity index (χ1n) is 9.45. The van der Waals surface area contributed by atoms with Crippen LogP contribution in [0.4, 0.5) is 0 Å². The van der Waals surface area contributed by atoms with Gasteiger partial charge >= 0.3 is 0 Å². The van der Waals surface area contributed by atoms with Crippen molar-refractivity contribution in [1.29, 1.82) is 0 Å². The van der Waals surface area contributed by atoms with Gasteiger partial charge in [0.1, 0.15) is 0 Å². The summed E-state index contributed by atoms with van der Waals surface area (Å²) in [6.07, 6.45) is 7.15. The minimum absolute atomic E-state index is 0.248. The third-order valence-electron chi connectivity index (χ3n) is 5.54. The second-order valence-electron chi connectivity index (χ2n) is 7.38. The average molecular weight is 350 g/mol. The molecule has 1 atom stereocenters. The molecule has 1 aromatic heterocycles. The SMILES string of the molecule is CN1CCN([C@@H](CNC(=O)CC2CCCCC2)c2cccs2)CC1. The highest BCUT2D eigenvalue weighted by Gasteiger charge is 2.25. The lowest BCUT2D eigenvalue weighted by Crippen LogP contribution is -2.48. The van der Waals surface area contributed by atoms with Gasteiger partial charge in [0.05, 0.1) is 6.04 Å². The molecular formula is C19H31N3OS. The topological polar surface area (TPSA) is 35.6 Å². The van der Waals surface area contributed by atoms with Gasteiger partial charge in [0.25, 0.3) is 0 Å². The van der Waals surface area contributed by atoms with Crippen molar-refractivity contribution in [3.8, 4) is 0 Å². The minimum Gasteiger partial charge on any atom is -0.354 e. The van der Waals surface area contributed by atoms with E-state index in [1.165, 1.54) is 37.0 Å². The number of carbonyl (C=O) groups is 1. The molecule has 1 aliphatic heterocycles. The van der Waals surface area contributed by atoms with Crippen molar-refractivity contribution in [2.24, 2.45) is 5.92 Å². The van der Waals surface area contributed by atoms with Crippen molar-refractivity contribution in [2.75, 3.05) is 39.8 Å². The fraction of sp³-hybridized carbons (Fsp3) is 0.737. The molecule has 2 aliphatic rings. The van der Waals surface area contributed by atoms with Crippen LogP contribution in [0.5, 0.6) is 0 Å². The van der Waals surface area contributed by atoms with Crippen molar-refractivity contribution in [2.45, 2.75) is 44.6 Å². The predicted molar refractivity (Wildman–Crippen MR) is 100 cm³/mol. The van der Waals surface area contributed by atoms with Crippen molar-refractivity contribution >= 4 is 17.2 Å². The van der Waals surface area contributed by atoms with E-state index >= 15 is 0 Å². The normalized spacial score (nSPS) is 22.4. The molecule has 5 heteroatoms. The maximum Gasteiger partial charge on any atom is 0.220 e. The second kappa shape index (κ2) is 8.97. The van der Waals surface area contributed by atoms with Crippen LogP contribution in [0.2, 0.25) is 0 Å². The summed E-state index contributed by atoms with van der Waals surface area (Å²) in [6.45, 7) is 5.13. The summed E-state index contributed by atoms with van der Waals surface area (Å²) < 4.78 is 0. The van der Waals surface area contributed by atoms with E-state index in [0.717, 1.165) is 39.1 Å². The standard InChI is InChI=1S/C19H31N3OS/c1-21-9-11-22(12-10-21)17(18-8-5-13-24-18)15-20-19(23)14-16-6-3-2-4-7-16/h5,8,13,16-17H,2-4,6-7,9-12,14-15H2,1H3,(H,20,23)/t17-/m0/s1. The lowest BCUT2D eigenvalue weighted by Gasteiger charge is -2.37. The van der Waals surface area contributed by atoms with Gasteiger partial charge in [-0.3, -0.25) is 9.69 Å². The van der Waals surface area contributed by atoms with Crippen molar-refractivity contribution < 1.29 is 4.79 Å². The fourth-order valence-corrected chi connectivity index (χ4v) is 4.82. The van der Waals surface area contributed by atoms with Crippen molar-refractivity contribution in [1.82, 2.24) is 15.1 Å². The van der Waals surface area contributed by atoms with E-state index in [0.29, 0.717) is 12.0 Å². The third-order valence-corrected chi connectivity index (χ3v) is 6.52. The van der Waals surface area contributed by atoms with E-state index in [4.69, 9.17) is 0 Å². The van der Waals surface area contributed by atoms with E-state index in [-0.39, 0.29) is 5.91 Å². The van der Waals surface area contributed by atoms with Crippen LogP contribution in [0.15, 0.2) is 17.5 Å². The molecule has 0 radical (unpaired) electrons. The number of amides is 1. The fourth-order valence-electron chi connectivity index (χ4n) is 3.96. The molecular weight excluding hydrogens is 318 g/mol. The number of piperazine rings is 1. The first-order chi connectivity index (χ1) is 11.7. The van der Waals surface area contributed by atoms with E-state index < -0.39 is 0 Å². The van der Waals surface area contributed by atoms with E-state index in [1.54, 1.807) is 11.3 Å². The zero-order valence-corrected chi connectivity index (χ0v) is 15.7. The summed E-state index contributed by atoms with van der Waals surface area (Å²) >= 11 is 1.81. The molecule has 0 aromatic carbocycles. The van der Waals surface area contributed by atoms with Gasteiger partial charge in [-0.05, 0) is 37.3 Å². The molecule has 2 heterocycles. The summed E-state index contributed by atoms with van der Waals surface area (Å²) in [6, 6.07) is 4.66. The molecule has 4 nitrogen and oxygen atoms in total. The van der Waals surface area contributed by atoms with Crippen molar-refractivity contribution in [3.63, 3.8) is 0 Å². The number of hydrogen-bond donors (Lipinski definition) is 1. The van der Waals surface area contributed by atoms with Crippen LogP contribution in [0.1, 0.15) is 49.4 Å². The van der Waals surface area contributed by atoms with Crippen LogP contribution >= 0.6 is 11.3 Å². The highest BCUT2D eigenvalue weighted by atomic mass is 32.1. The summed E-state index contributed by atoms with van der Waals surface area (Å²) in [4.78, 5) is 18.7. The maximum atomic E-state index is 12.4. The third kappa shape index (κ3) is 5.04. The Kier molecular flexibility index (Phi) is 6.69. The Hall–Kier alpha value is -0.910. The van der Waals surface area contributed by atoms with Crippen LogP contribution in [0.25, 0.3) is 0 Å². The molecule has 1 saturated heterocycles. The van der Waals surface area contributed by atoms with Crippen LogP contribution in [-0.2, 0) is 4.79 Å². The van der Waals surface area contributed by atoms with Gasteiger partial charge in [-0.2, -0.15) is 0 Å². The number of hydrogen-bond acceptors (Lipinski definition) is 4. The smallest absolute Gasteiger partial charge is 0.220 e. The predicted octanol–water partition coefficient (Wildman–Crippen LogP) is 3.12. The van der Waals surface area contributed by atoms with Gasteiger partial charge in [0.15, 0.2) is 0 Å². The van der Waals surface area contributed by atoms with Gasteiger partial charge in [0, 0.05) is 44.0 Å². The average Bonchev–Trinajstić information content (AvgIpc) is 3.12. The number of nitrogens with one attached hydrogen (secondary N) is 1. The Morgan fingerprint density at radius 3 is 2.67 bits per heavy atom. The lowest BCUT2D eigenvalue weighted by molar-refractivity contribution is -0.122. The quantitative estimate of drug-likeness (QED) is 0.857. The highest BCUT2D eigenvalue weighted by molar-refractivity contribution is 7.10. The largest absolute Gasteiger partial charge is 0.354 e. The molecule has 1 saturated carbocycles. The van der Waals surface area contributed by atoms with E-state index in [1.807, 2.05) is 0 Å². The van der Waals surface area contributed by atoms with Crippen LogP contribution in [0, 0.1) is 5.92 Å². The number of nitrogens with zero attached hydrogens (tertiary/aromatic N) is 2. The first-order valence-corrected chi connectivity index (χ1v) is 10.3. The van der Waals surface area contributed by atoms with Crippen LogP contribution < -0.4 is 5.32 Å². The summed E-state index contributed by atoms with van der Waals surface area (Å²) in [5.74, 6) is 0.861. The summed E-state index contributed by atoms with van der Waals surface area (Å²) in [7, 11) is 2.18. The number of thiophene rings is 1. The summed E-state index contributed by atoms with van der Waals surface area (Å²) in [5.41, 5.74) is 0. The summed E-state index contributed by atoms with van der Waals surface area (Å²) in [5, 5.41) is 5.38. The Balaban J connectivity index is 1.53. The Bertz CT molecular complexity index is 491. The molecule has 134 valence electrons. The Labute approximate surface area is 150 Å². The number of carbonyl (C=O) groups excluding carboxylic acids is 1. The second-order valence-corrected chi connectivity index (χ2v) is 8.36. The molecule has 0 unspecified atom stereocenters. The number of rotatable bonds is 6. The van der Waals surface area contributed by atoms with Gasteiger partial charge < -0.3 is 10.2 Å². The van der Waals surface area contributed by atoms with Gasteiger partial charge in [-0.15, -0.1) is 11.3 Å². The Morgan fingerprint density at radius 1 is 1.25 bits per heavy atom. The zero-order chi connectivity index (χ0) is 16.8. The molecule has 0 spiro atoms. The van der Waals surface area contributed by atoms with E-state index in [2.05, 4.69) is 39.7 Å². The highest BCUT2D eigenvalue weighted by Crippen LogP contribution is 2.27. The molecule has 1 aromatic rings. The molecule has 0 bridgehead atoms. The molecule has 1 aliphatic carbocycles. The van der Waals surface area contributed by atoms with Crippen LogP contribution in [0.3, 0.4) is 0 Å². The van der Waals surface area contributed by atoms with E-state index in [9.17, 15) is 4.79 Å². The van der Waals surface area contributed by atoms with Crippen molar-refractivity contribution in [3.05, 3.63) is 22.4 Å². The maximum absolute atomic E-state index is 12.4. The zero-order valence-electron chi connectivity index (χ0n) is 14.9. The number of likely N-dealkylation sites (N-methyl/N-ethyl adjacent to an activating group) is 1. The monoisotopic (exact) mass is 349 g/mol. The Morgan fingerprint density at radius 2 is 2.00 bits per heavy atom. The van der Waals surface area contributed by atoms with Gasteiger partial charge in [0.2, 0.25) is 5.91 Å². The van der Waals surface area contributed by atoms with Gasteiger partial charge in [-0.25, -0.2) is 0 Å². The molecule has 1 amide bonds. The van der Waals surface area contributed by atoms with Gasteiger partial charge in [-0.1, -0.05) is 25.3 Å². The molecule has 24 heavy (non-hydrogen) atoms. The molecule has 3 rings (SSSR count). The molecule has 1 N–H and O–H groups in total. The molecule has 2 fully saturated rings. The minimum atomic E-state index is 0.248. The lowest BCUT2D eigenvalue weighted by atomic mass is 9.87. The van der Waals surface area contributed by atoms with Crippen LogP contribution in [-0.4, -0.2) is 55.5 Å². The first kappa shape index (κ1) is 17.9.